The Morgan fingerprint density at radius 1 is 1.29 bits per heavy atom. The van der Waals surface area contributed by atoms with Crippen LogP contribution in [0.4, 0.5) is 0 Å². The summed E-state index contributed by atoms with van der Waals surface area (Å²) in [5, 5.41) is 0. The molecular formula is C12H24N2O5S2. The molecular weight excluding hydrogens is 316 g/mol. The van der Waals surface area contributed by atoms with Crippen molar-refractivity contribution in [1.29, 1.82) is 0 Å². The van der Waals surface area contributed by atoms with Gasteiger partial charge < -0.3 is 4.74 Å². The number of sulfonamides is 1. The van der Waals surface area contributed by atoms with E-state index in [1.165, 1.54) is 4.31 Å². The maximum absolute atomic E-state index is 11.9. The molecule has 2 fully saturated rings. The topological polar surface area (TPSA) is 84.0 Å². The molecule has 0 aromatic carbocycles. The molecule has 0 radical (unpaired) electrons. The molecule has 0 saturated carbocycles. The van der Waals surface area contributed by atoms with Gasteiger partial charge in [-0.05, 0) is 19.4 Å². The highest BCUT2D eigenvalue weighted by Gasteiger charge is 2.36. The SMILES string of the molecule is CS(=O)(=O)N(CCCN1CCOCC1)C1CCS(=O)(=O)C1. The number of nitrogens with zero attached hydrogens (tertiary/aromatic N) is 2. The van der Waals surface area contributed by atoms with Crippen molar-refractivity contribution >= 4 is 19.9 Å². The van der Waals surface area contributed by atoms with Gasteiger partial charge >= 0.3 is 0 Å². The van der Waals surface area contributed by atoms with Gasteiger partial charge in [0.1, 0.15) is 0 Å². The highest BCUT2D eigenvalue weighted by molar-refractivity contribution is 7.92. The third kappa shape index (κ3) is 5.17. The average Bonchev–Trinajstić information content (AvgIpc) is 2.74. The minimum absolute atomic E-state index is 0.0440. The van der Waals surface area contributed by atoms with Crippen LogP contribution in [0.1, 0.15) is 12.8 Å². The van der Waals surface area contributed by atoms with Crippen LogP contribution in [-0.4, -0.2) is 89.2 Å². The maximum Gasteiger partial charge on any atom is 0.211 e. The first-order chi connectivity index (χ1) is 9.78. The fourth-order valence-electron chi connectivity index (χ4n) is 2.90. The molecule has 2 aliphatic heterocycles. The predicted molar refractivity (Wildman–Crippen MR) is 80.5 cm³/mol. The molecule has 0 bridgehead atoms. The highest BCUT2D eigenvalue weighted by atomic mass is 32.2. The summed E-state index contributed by atoms with van der Waals surface area (Å²) in [5.41, 5.74) is 0. The van der Waals surface area contributed by atoms with E-state index in [1.807, 2.05) is 0 Å². The van der Waals surface area contributed by atoms with Crippen molar-refractivity contribution in [3.63, 3.8) is 0 Å². The van der Waals surface area contributed by atoms with Crippen molar-refractivity contribution in [2.45, 2.75) is 18.9 Å². The van der Waals surface area contributed by atoms with Crippen LogP contribution in [0.15, 0.2) is 0 Å². The number of morpholine rings is 1. The second-order valence-electron chi connectivity index (χ2n) is 5.74. The second kappa shape index (κ2) is 6.91. The Morgan fingerprint density at radius 2 is 1.95 bits per heavy atom. The minimum Gasteiger partial charge on any atom is -0.379 e. The van der Waals surface area contributed by atoms with Gasteiger partial charge in [0, 0.05) is 25.7 Å². The Kier molecular flexibility index (Phi) is 5.64. The normalized spacial score (nSPS) is 27.2. The van der Waals surface area contributed by atoms with Gasteiger partial charge in [0.15, 0.2) is 9.84 Å². The monoisotopic (exact) mass is 340 g/mol. The van der Waals surface area contributed by atoms with E-state index in [-0.39, 0.29) is 11.5 Å². The maximum atomic E-state index is 11.9. The molecule has 2 heterocycles. The van der Waals surface area contributed by atoms with E-state index in [0.29, 0.717) is 19.4 Å². The van der Waals surface area contributed by atoms with E-state index in [4.69, 9.17) is 4.74 Å². The number of hydrogen-bond acceptors (Lipinski definition) is 6. The molecule has 0 spiro atoms. The molecule has 7 nitrogen and oxygen atoms in total. The molecule has 0 aromatic rings. The van der Waals surface area contributed by atoms with E-state index in [2.05, 4.69) is 4.90 Å². The Labute approximate surface area is 127 Å². The first kappa shape index (κ1) is 17.1. The van der Waals surface area contributed by atoms with Crippen LogP contribution in [-0.2, 0) is 24.6 Å². The Bertz CT molecular complexity index is 540. The summed E-state index contributed by atoms with van der Waals surface area (Å²) in [6.45, 7) is 4.38. The summed E-state index contributed by atoms with van der Waals surface area (Å²) in [4.78, 5) is 2.25. The van der Waals surface area contributed by atoms with Crippen LogP contribution in [0.25, 0.3) is 0 Å². The Morgan fingerprint density at radius 3 is 2.48 bits per heavy atom. The van der Waals surface area contributed by atoms with Crippen LogP contribution < -0.4 is 0 Å². The molecule has 0 amide bonds. The van der Waals surface area contributed by atoms with E-state index in [0.717, 1.165) is 39.1 Å². The first-order valence-corrected chi connectivity index (χ1v) is 10.9. The lowest BCUT2D eigenvalue weighted by atomic mass is 10.2. The van der Waals surface area contributed by atoms with Crippen LogP contribution in [0.5, 0.6) is 0 Å². The summed E-state index contributed by atoms with van der Waals surface area (Å²) in [5.74, 6) is 0.0464. The predicted octanol–water partition coefficient (Wildman–Crippen LogP) is -0.843. The van der Waals surface area contributed by atoms with Crippen molar-refractivity contribution < 1.29 is 21.6 Å². The van der Waals surface area contributed by atoms with E-state index >= 15 is 0 Å². The average molecular weight is 340 g/mol. The molecule has 124 valence electrons. The number of rotatable bonds is 6. The van der Waals surface area contributed by atoms with Gasteiger partial charge in [-0.1, -0.05) is 0 Å². The zero-order valence-electron chi connectivity index (χ0n) is 12.4. The molecule has 9 heteroatoms. The van der Waals surface area contributed by atoms with Crippen LogP contribution in [0.2, 0.25) is 0 Å². The third-order valence-electron chi connectivity index (χ3n) is 4.00. The molecule has 1 unspecified atom stereocenters. The van der Waals surface area contributed by atoms with Crippen molar-refractivity contribution in [2.24, 2.45) is 0 Å². The summed E-state index contributed by atoms with van der Waals surface area (Å²) in [6.07, 6.45) is 2.28. The molecule has 1 atom stereocenters. The molecule has 0 aromatic heterocycles. The molecule has 2 saturated heterocycles. The lowest BCUT2D eigenvalue weighted by Crippen LogP contribution is -2.43. The second-order valence-corrected chi connectivity index (χ2v) is 9.90. The summed E-state index contributed by atoms with van der Waals surface area (Å²) >= 11 is 0. The van der Waals surface area contributed by atoms with Gasteiger partial charge in [-0.25, -0.2) is 16.8 Å². The van der Waals surface area contributed by atoms with E-state index in [1.54, 1.807) is 0 Å². The molecule has 0 aliphatic carbocycles. The smallest absolute Gasteiger partial charge is 0.211 e. The fraction of sp³-hybridized carbons (Fsp3) is 1.00. The van der Waals surface area contributed by atoms with Crippen molar-refractivity contribution in [2.75, 3.05) is 57.2 Å². The summed E-state index contributed by atoms with van der Waals surface area (Å²) < 4.78 is 53.6. The lowest BCUT2D eigenvalue weighted by Gasteiger charge is -2.29. The van der Waals surface area contributed by atoms with Crippen molar-refractivity contribution in [1.82, 2.24) is 9.21 Å². The molecule has 2 rings (SSSR count). The fourth-order valence-corrected chi connectivity index (χ4v) is 5.90. The molecule has 0 N–H and O–H groups in total. The lowest BCUT2D eigenvalue weighted by molar-refractivity contribution is 0.0367. The van der Waals surface area contributed by atoms with Crippen LogP contribution >= 0.6 is 0 Å². The van der Waals surface area contributed by atoms with Crippen LogP contribution in [0.3, 0.4) is 0 Å². The van der Waals surface area contributed by atoms with Crippen molar-refractivity contribution in [3.05, 3.63) is 0 Å². The standard InChI is InChI=1S/C12H24N2O5S2/c1-20(15,16)14(12-3-10-21(17,18)11-12)5-2-4-13-6-8-19-9-7-13/h12H,2-11H2,1H3. The largest absolute Gasteiger partial charge is 0.379 e. The Balaban J connectivity index is 1.88. The van der Waals surface area contributed by atoms with Gasteiger partial charge in [0.2, 0.25) is 10.0 Å². The minimum atomic E-state index is -3.38. The zero-order chi connectivity index (χ0) is 15.5. The van der Waals surface area contributed by atoms with Gasteiger partial charge in [0.05, 0.1) is 31.0 Å². The quantitative estimate of drug-likeness (QED) is 0.627. The van der Waals surface area contributed by atoms with Gasteiger partial charge in [-0.3, -0.25) is 4.90 Å². The van der Waals surface area contributed by atoms with Gasteiger partial charge in [-0.15, -0.1) is 0 Å². The first-order valence-electron chi connectivity index (χ1n) is 7.25. The number of ether oxygens (including phenoxy) is 1. The molecule has 2 aliphatic rings. The van der Waals surface area contributed by atoms with E-state index in [9.17, 15) is 16.8 Å². The molecule has 21 heavy (non-hydrogen) atoms. The number of hydrogen-bond donors (Lipinski definition) is 0. The summed E-state index contributed by atoms with van der Waals surface area (Å²) in [7, 11) is -6.46. The van der Waals surface area contributed by atoms with Crippen molar-refractivity contribution in [3.8, 4) is 0 Å². The third-order valence-corrected chi connectivity index (χ3v) is 7.08. The Hall–Kier alpha value is -0.220. The van der Waals surface area contributed by atoms with E-state index < -0.39 is 25.9 Å². The van der Waals surface area contributed by atoms with Gasteiger partial charge in [-0.2, -0.15) is 4.31 Å². The van der Waals surface area contributed by atoms with Gasteiger partial charge in [0.25, 0.3) is 0 Å². The number of sulfone groups is 1. The highest BCUT2D eigenvalue weighted by Crippen LogP contribution is 2.20. The summed E-state index contributed by atoms with van der Waals surface area (Å²) in [6, 6.07) is -0.394. The van der Waals surface area contributed by atoms with Crippen LogP contribution in [0, 0.1) is 0 Å². The zero-order valence-corrected chi connectivity index (χ0v) is 14.0.